The predicted molar refractivity (Wildman–Crippen MR) is 51.8 cm³/mol. The first-order valence-corrected chi connectivity index (χ1v) is 5.16. The Kier molecular flexibility index (Phi) is 4.22. The molecule has 1 heterocycles. The summed E-state index contributed by atoms with van der Waals surface area (Å²) in [5, 5.41) is 8.66. The van der Waals surface area contributed by atoms with Crippen LogP contribution in [0, 0.1) is 0 Å². The Morgan fingerprint density at radius 2 is 1.85 bits per heavy atom. The minimum atomic E-state index is -0.684. The molecule has 0 unspecified atom stereocenters. The molecule has 0 aromatic carbocycles. The van der Waals surface area contributed by atoms with Gasteiger partial charge in [0, 0.05) is 6.04 Å². The van der Waals surface area contributed by atoms with Crippen molar-refractivity contribution in [1.82, 2.24) is 4.90 Å². The van der Waals surface area contributed by atoms with E-state index in [2.05, 4.69) is 4.90 Å². The zero-order valence-electron chi connectivity index (χ0n) is 8.33. The molecule has 13 heavy (non-hydrogen) atoms. The van der Waals surface area contributed by atoms with Gasteiger partial charge in [-0.15, -0.1) is 0 Å². The molecule has 0 amide bonds. The van der Waals surface area contributed by atoms with Gasteiger partial charge in [0.2, 0.25) is 0 Å². The quantitative estimate of drug-likeness (QED) is 0.728. The third-order valence-corrected chi connectivity index (χ3v) is 2.73. The van der Waals surface area contributed by atoms with Crippen LogP contribution < -0.4 is 0 Å². The first kappa shape index (κ1) is 10.5. The van der Waals surface area contributed by atoms with Gasteiger partial charge in [-0.25, -0.2) is 0 Å². The highest BCUT2D eigenvalue weighted by molar-refractivity contribution is 5.67. The van der Waals surface area contributed by atoms with E-state index >= 15 is 0 Å². The number of hydrogen-bond donors (Lipinski definition) is 1. The number of likely N-dealkylation sites (tertiary alicyclic amines) is 1. The topological polar surface area (TPSA) is 40.5 Å². The summed E-state index contributed by atoms with van der Waals surface area (Å²) in [4.78, 5) is 12.8. The average molecular weight is 185 g/mol. The highest BCUT2D eigenvalue weighted by Gasteiger charge is 2.17. The summed E-state index contributed by atoms with van der Waals surface area (Å²) >= 11 is 0. The zero-order valence-corrected chi connectivity index (χ0v) is 8.33. The first-order chi connectivity index (χ1) is 6.20. The number of aliphatic carboxylic acids is 1. The maximum atomic E-state index is 10.5. The van der Waals surface area contributed by atoms with Gasteiger partial charge in [0.15, 0.2) is 0 Å². The van der Waals surface area contributed by atoms with Crippen LogP contribution in [0.25, 0.3) is 0 Å². The number of carboxylic acids is 1. The lowest BCUT2D eigenvalue weighted by molar-refractivity contribution is -0.138. The first-order valence-electron chi connectivity index (χ1n) is 5.16. The van der Waals surface area contributed by atoms with Gasteiger partial charge in [-0.1, -0.05) is 12.8 Å². The standard InChI is InChI=1S/C10H19NO2/c1-9(8-10(12)13)11-6-4-2-3-5-7-11/h9H,2-8H2,1H3,(H,12,13)/t9-/m1/s1. The van der Waals surface area contributed by atoms with Crippen LogP contribution in [0.15, 0.2) is 0 Å². The molecule has 0 aliphatic carbocycles. The maximum absolute atomic E-state index is 10.5. The second kappa shape index (κ2) is 5.22. The van der Waals surface area contributed by atoms with Crippen LogP contribution >= 0.6 is 0 Å². The number of nitrogens with zero attached hydrogens (tertiary/aromatic N) is 1. The van der Waals surface area contributed by atoms with Gasteiger partial charge in [-0.2, -0.15) is 0 Å². The minimum absolute atomic E-state index is 0.204. The van der Waals surface area contributed by atoms with Crippen LogP contribution in [-0.2, 0) is 4.79 Å². The summed E-state index contributed by atoms with van der Waals surface area (Å²) in [5.74, 6) is -0.684. The Labute approximate surface area is 79.7 Å². The van der Waals surface area contributed by atoms with E-state index in [4.69, 9.17) is 5.11 Å². The van der Waals surface area contributed by atoms with Gasteiger partial charge in [0.05, 0.1) is 6.42 Å². The van der Waals surface area contributed by atoms with Crippen LogP contribution in [0.5, 0.6) is 0 Å². The molecule has 1 aliphatic heterocycles. The van der Waals surface area contributed by atoms with Crippen molar-refractivity contribution in [1.29, 1.82) is 0 Å². The Hall–Kier alpha value is -0.570. The van der Waals surface area contributed by atoms with Gasteiger partial charge in [-0.3, -0.25) is 4.79 Å². The SMILES string of the molecule is C[C@H](CC(=O)O)N1CCCCCC1. The third-order valence-electron chi connectivity index (χ3n) is 2.73. The van der Waals surface area contributed by atoms with E-state index in [0.29, 0.717) is 0 Å². The summed E-state index contributed by atoms with van der Waals surface area (Å²) in [6.45, 7) is 4.17. The van der Waals surface area contributed by atoms with Crippen molar-refractivity contribution >= 4 is 5.97 Å². The van der Waals surface area contributed by atoms with E-state index in [1.54, 1.807) is 0 Å². The molecule has 0 aromatic heterocycles. The number of carboxylic acid groups (broad SMARTS) is 1. The Morgan fingerprint density at radius 3 is 2.31 bits per heavy atom. The lowest BCUT2D eigenvalue weighted by Gasteiger charge is -2.26. The molecule has 3 nitrogen and oxygen atoms in total. The van der Waals surface area contributed by atoms with Crippen molar-refractivity contribution in [2.45, 2.75) is 45.1 Å². The molecule has 0 bridgehead atoms. The summed E-state index contributed by atoms with van der Waals surface area (Å²) in [6, 6.07) is 0.204. The second-order valence-corrected chi connectivity index (χ2v) is 3.90. The Morgan fingerprint density at radius 1 is 1.31 bits per heavy atom. The van der Waals surface area contributed by atoms with Gasteiger partial charge in [0.1, 0.15) is 0 Å². The van der Waals surface area contributed by atoms with Crippen molar-refractivity contribution in [2.24, 2.45) is 0 Å². The second-order valence-electron chi connectivity index (χ2n) is 3.90. The van der Waals surface area contributed by atoms with Gasteiger partial charge < -0.3 is 10.0 Å². The van der Waals surface area contributed by atoms with Gasteiger partial charge in [0.25, 0.3) is 0 Å². The normalized spacial score (nSPS) is 22.2. The number of carbonyl (C=O) groups is 1. The van der Waals surface area contributed by atoms with Crippen LogP contribution in [-0.4, -0.2) is 35.1 Å². The molecule has 0 aromatic rings. The van der Waals surface area contributed by atoms with Crippen LogP contribution in [0.4, 0.5) is 0 Å². The monoisotopic (exact) mass is 185 g/mol. The smallest absolute Gasteiger partial charge is 0.304 e. The van der Waals surface area contributed by atoms with E-state index in [0.717, 1.165) is 13.1 Å². The number of rotatable bonds is 3. The lowest BCUT2D eigenvalue weighted by Crippen LogP contribution is -2.35. The summed E-state index contributed by atoms with van der Waals surface area (Å²) < 4.78 is 0. The molecular weight excluding hydrogens is 166 g/mol. The fourth-order valence-electron chi connectivity index (χ4n) is 1.92. The predicted octanol–water partition coefficient (Wildman–Crippen LogP) is 1.73. The number of hydrogen-bond acceptors (Lipinski definition) is 2. The maximum Gasteiger partial charge on any atom is 0.304 e. The summed E-state index contributed by atoms with van der Waals surface area (Å²) in [7, 11) is 0. The Bertz CT molecular complexity index is 162. The molecular formula is C10H19NO2. The molecule has 0 radical (unpaired) electrons. The average Bonchev–Trinajstić information content (AvgIpc) is 2.29. The van der Waals surface area contributed by atoms with E-state index in [-0.39, 0.29) is 12.5 Å². The minimum Gasteiger partial charge on any atom is -0.481 e. The molecule has 1 aliphatic rings. The molecule has 76 valence electrons. The fourth-order valence-corrected chi connectivity index (χ4v) is 1.92. The highest BCUT2D eigenvalue weighted by atomic mass is 16.4. The molecule has 1 saturated heterocycles. The van der Waals surface area contributed by atoms with E-state index in [1.165, 1.54) is 25.7 Å². The van der Waals surface area contributed by atoms with Gasteiger partial charge in [-0.05, 0) is 32.9 Å². The molecule has 1 atom stereocenters. The van der Waals surface area contributed by atoms with Gasteiger partial charge >= 0.3 is 5.97 Å². The van der Waals surface area contributed by atoms with Crippen LogP contribution in [0.3, 0.4) is 0 Å². The largest absolute Gasteiger partial charge is 0.481 e. The van der Waals surface area contributed by atoms with Crippen molar-refractivity contribution in [3.8, 4) is 0 Å². The van der Waals surface area contributed by atoms with Crippen molar-refractivity contribution in [3.63, 3.8) is 0 Å². The molecule has 1 N–H and O–H groups in total. The molecule has 1 fully saturated rings. The van der Waals surface area contributed by atoms with E-state index < -0.39 is 5.97 Å². The van der Waals surface area contributed by atoms with Crippen LogP contribution in [0.1, 0.15) is 39.0 Å². The molecule has 3 heteroatoms. The highest BCUT2D eigenvalue weighted by Crippen LogP contribution is 2.13. The third kappa shape index (κ3) is 3.77. The van der Waals surface area contributed by atoms with Crippen molar-refractivity contribution in [2.75, 3.05) is 13.1 Å². The summed E-state index contributed by atoms with van der Waals surface area (Å²) in [5.41, 5.74) is 0. The lowest BCUT2D eigenvalue weighted by atomic mass is 10.2. The Balaban J connectivity index is 2.34. The zero-order chi connectivity index (χ0) is 9.68. The van der Waals surface area contributed by atoms with Crippen molar-refractivity contribution in [3.05, 3.63) is 0 Å². The van der Waals surface area contributed by atoms with E-state index in [1.807, 2.05) is 6.92 Å². The fraction of sp³-hybridized carbons (Fsp3) is 0.900. The molecule has 1 rings (SSSR count). The van der Waals surface area contributed by atoms with E-state index in [9.17, 15) is 4.79 Å². The van der Waals surface area contributed by atoms with Crippen molar-refractivity contribution < 1.29 is 9.90 Å². The van der Waals surface area contributed by atoms with Crippen LogP contribution in [0.2, 0.25) is 0 Å². The summed E-state index contributed by atoms with van der Waals surface area (Å²) in [6.07, 6.45) is 5.33. The molecule has 0 saturated carbocycles. The molecule has 0 spiro atoms.